The number of nitrogens with one attached hydrogen (secondary N) is 1. The number of rotatable bonds is 7. The molecule has 0 aliphatic carbocycles. The fourth-order valence-electron chi connectivity index (χ4n) is 5.09. The van der Waals surface area contributed by atoms with E-state index in [9.17, 15) is 15.0 Å². The number of carboxylic acids is 1. The van der Waals surface area contributed by atoms with Gasteiger partial charge in [0.15, 0.2) is 5.75 Å². The van der Waals surface area contributed by atoms with Gasteiger partial charge in [0, 0.05) is 30.7 Å². The molecule has 1 fully saturated rings. The predicted octanol–water partition coefficient (Wildman–Crippen LogP) is 5.08. The van der Waals surface area contributed by atoms with Crippen molar-refractivity contribution in [2.75, 3.05) is 19.6 Å². The van der Waals surface area contributed by atoms with Gasteiger partial charge in [-0.15, -0.1) is 0 Å². The average molecular weight is 500 g/mol. The zero-order valence-electron chi connectivity index (χ0n) is 20.5. The van der Waals surface area contributed by atoms with E-state index in [1.54, 1.807) is 26.0 Å². The maximum Gasteiger partial charge on any atom is 0.308 e. The predicted molar refractivity (Wildman–Crippen MR) is 138 cm³/mol. The first-order chi connectivity index (χ1) is 16.6. The van der Waals surface area contributed by atoms with E-state index in [1.807, 2.05) is 30.3 Å². The highest BCUT2D eigenvalue weighted by molar-refractivity contribution is 6.31. The molecule has 0 aromatic heterocycles. The summed E-state index contributed by atoms with van der Waals surface area (Å²) in [5.41, 5.74) is 0.754. The highest BCUT2D eigenvalue weighted by Gasteiger charge is 2.34. The van der Waals surface area contributed by atoms with Crippen LogP contribution in [0.4, 0.5) is 5.69 Å². The maximum atomic E-state index is 12.3. The fourth-order valence-corrected chi connectivity index (χ4v) is 5.26. The molecular formula is C27H34ClN3O4. The number of hydrogen-bond donors (Lipinski definition) is 3. The molecule has 0 amide bonds. The molecule has 0 bridgehead atoms. The molecule has 2 aromatic carbocycles. The number of hydrogen-bond acceptors (Lipinski definition) is 6. The first-order valence-corrected chi connectivity index (χ1v) is 12.6. The van der Waals surface area contributed by atoms with Crippen molar-refractivity contribution >= 4 is 29.1 Å². The molecule has 3 N–H and O–H groups in total. The van der Waals surface area contributed by atoms with Gasteiger partial charge in [0.1, 0.15) is 17.3 Å². The lowest BCUT2D eigenvalue weighted by Crippen LogP contribution is -2.56. The van der Waals surface area contributed by atoms with E-state index in [-0.39, 0.29) is 12.0 Å². The molecule has 35 heavy (non-hydrogen) atoms. The number of carbonyl (C=O) groups is 1. The number of para-hydroxylation sites is 1. The van der Waals surface area contributed by atoms with Gasteiger partial charge in [-0.05, 0) is 69.4 Å². The van der Waals surface area contributed by atoms with Crippen molar-refractivity contribution in [3.8, 4) is 11.5 Å². The summed E-state index contributed by atoms with van der Waals surface area (Å²) in [5, 5.41) is 24.2. The Labute approximate surface area is 211 Å². The number of aliphatic imine (C=N–C) groups is 1. The molecule has 2 heterocycles. The van der Waals surface area contributed by atoms with Crippen LogP contribution in [-0.2, 0) is 4.79 Å². The van der Waals surface area contributed by atoms with Crippen LogP contribution in [0.25, 0.3) is 0 Å². The van der Waals surface area contributed by atoms with E-state index in [1.165, 1.54) is 0 Å². The first-order valence-electron chi connectivity index (χ1n) is 12.2. The fraction of sp³-hybridized carbons (Fsp3) is 0.481. The summed E-state index contributed by atoms with van der Waals surface area (Å²) in [7, 11) is 0. The molecule has 188 valence electrons. The third kappa shape index (κ3) is 6.34. The quantitative estimate of drug-likeness (QED) is 0.492. The van der Waals surface area contributed by atoms with Crippen LogP contribution in [0, 0.1) is 11.8 Å². The molecule has 8 heteroatoms. The van der Waals surface area contributed by atoms with E-state index in [4.69, 9.17) is 21.3 Å². The average Bonchev–Trinajstić information content (AvgIpc) is 2.94. The second kappa shape index (κ2) is 10.6. The summed E-state index contributed by atoms with van der Waals surface area (Å²) < 4.78 is 6.17. The van der Waals surface area contributed by atoms with Gasteiger partial charge in [0.25, 0.3) is 0 Å². The highest BCUT2D eigenvalue weighted by atomic mass is 35.5. The van der Waals surface area contributed by atoms with Crippen LogP contribution in [0.2, 0.25) is 5.02 Å². The normalized spacial score (nSPS) is 19.5. The van der Waals surface area contributed by atoms with Gasteiger partial charge in [-0.3, -0.25) is 4.79 Å². The van der Waals surface area contributed by atoms with Gasteiger partial charge in [-0.1, -0.05) is 30.7 Å². The summed E-state index contributed by atoms with van der Waals surface area (Å²) in [6, 6.07) is 12.9. The largest absolute Gasteiger partial charge is 0.481 e. The number of fused-ring (bicyclic) bond motifs is 2. The molecule has 2 aliphatic rings. The number of aliphatic hydroxyl groups is 1. The minimum atomic E-state index is -0.802. The van der Waals surface area contributed by atoms with Crippen LogP contribution in [0.5, 0.6) is 11.5 Å². The van der Waals surface area contributed by atoms with Crippen molar-refractivity contribution in [1.29, 1.82) is 0 Å². The van der Waals surface area contributed by atoms with Crippen molar-refractivity contribution in [2.45, 2.75) is 51.7 Å². The van der Waals surface area contributed by atoms with Crippen LogP contribution < -0.4 is 10.1 Å². The Kier molecular flexibility index (Phi) is 7.69. The van der Waals surface area contributed by atoms with E-state index in [0.717, 1.165) is 17.8 Å². The van der Waals surface area contributed by atoms with Gasteiger partial charge >= 0.3 is 5.97 Å². The Morgan fingerprint density at radius 2 is 2.03 bits per heavy atom. The minimum Gasteiger partial charge on any atom is -0.481 e. The second-order valence-corrected chi connectivity index (χ2v) is 10.7. The van der Waals surface area contributed by atoms with Crippen LogP contribution in [0.15, 0.2) is 47.5 Å². The number of benzene rings is 2. The number of ether oxygens (including phenoxy) is 1. The van der Waals surface area contributed by atoms with Crippen LogP contribution in [-0.4, -0.2) is 58.2 Å². The standard InChI is InChI=1S/C27H34ClN3O4/c1-17(15-27(2,3)34)8-10-19(26(32)33)22-16-31(13-12-29-22)25-20-6-4-5-7-23(20)35-24-11-9-18(28)14-21(24)30-25/h4-7,9,11,14,17,19,22,29,34H,8,10,12-13,15-16H2,1-3H3,(H,32,33)/t17-,19+,22-/m1/s1. The maximum absolute atomic E-state index is 12.3. The van der Waals surface area contributed by atoms with Crippen LogP contribution in [0.3, 0.4) is 0 Å². The second-order valence-electron chi connectivity index (χ2n) is 10.3. The number of nitrogens with zero attached hydrogens (tertiary/aromatic N) is 2. The zero-order valence-corrected chi connectivity index (χ0v) is 21.3. The van der Waals surface area contributed by atoms with Gasteiger partial charge < -0.3 is 25.2 Å². The summed E-state index contributed by atoms with van der Waals surface area (Å²) >= 11 is 6.25. The Morgan fingerprint density at radius 1 is 1.26 bits per heavy atom. The molecular weight excluding hydrogens is 466 g/mol. The molecule has 0 unspecified atom stereocenters. The number of carboxylic acid groups (broad SMARTS) is 1. The van der Waals surface area contributed by atoms with Gasteiger partial charge in [-0.25, -0.2) is 4.99 Å². The summed E-state index contributed by atoms with van der Waals surface area (Å²) in [6.07, 6.45) is 1.92. The van der Waals surface area contributed by atoms with E-state index >= 15 is 0 Å². The number of piperazine rings is 1. The van der Waals surface area contributed by atoms with Gasteiger partial charge in [0.05, 0.1) is 17.1 Å². The lowest BCUT2D eigenvalue weighted by Gasteiger charge is -2.38. The number of aliphatic carboxylic acids is 1. The summed E-state index contributed by atoms with van der Waals surface area (Å²) in [5.74, 6) is 0.983. The third-order valence-electron chi connectivity index (χ3n) is 6.62. The Morgan fingerprint density at radius 3 is 2.77 bits per heavy atom. The van der Waals surface area contributed by atoms with Crippen molar-refractivity contribution < 1.29 is 19.7 Å². The third-order valence-corrected chi connectivity index (χ3v) is 6.86. The highest BCUT2D eigenvalue weighted by Crippen LogP contribution is 2.39. The molecule has 3 atom stereocenters. The SMILES string of the molecule is C[C@H](CC[C@H](C(=O)O)[C@H]1CN(C2=Nc3cc(Cl)ccc3Oc3ccccc32)CCN1)CC(C)(C)O. The zero-order chi connectivity index (χ0) is 25.2. The molecule has 0 saturated carbocycles. The topological polar surface area (TPSA) is 94.4 Å². The van der Waals surface area contributed by atoms with E-state index in [0.29, 0.717) is 54.7 Å². The van der Waals surface area contributed by atoms with Crippen molar-refractivity contribution in [3.63, 3.8) is 0 Å². The lowest BCUT2D eigenvalue weighted by molar-refractivity contribution is -0.143. The van der Waals surface area contributed by atoms with Crippen LogP contribution in [0.1, 0.15) is 45.6 Å². The summed E-state index contributed by atoms with van der Waals surface area (Å²) in [6.45, 7) is 7.51. The van der Waals surface area contributed by atoms with Crippen molar-refractivity contribution in [2.24, 2.45) is 16.8 Å². The molecule has 7 nitrogen and oxygen atoms in total. The molecule has 0 radical (unpaired) electrons. The minimum absolute atomic E-state index is 0.228. The smallest absolute Gasteiger partial charge is 0.308 e. The first kappa shape index (κ1) is 25.5. The van der Waals surface area contributed by atoms with Crippen molar-refractivity contribution in [1.82, 2.24) is 10.2 Å². The number of halogens is 1. The molecule has 2 aromatic rings. The number of amidine groups is 1. The Bertz CT molecular complexity index is 1100. The van der Waals surface area contributed by atoms with Gasteiger partial charge in [-0.2, -0.15) is 0 Å². The Balaban J connectivity index is 1.57. The van der Waals surface area contributed by atoms with Crippen molar-refractivity contribution in [3.05, 3.63) is 53.1 Å². The monoisotopic (exact) mass is 499 g/mol. The van der Waals surface area contributed by atoms with Gasteiger partial charge in [0.2, 0.25) is 0 Å². The summed E-state index contributed by atoms with van der Waals surface area (Å²) in [4.78, 5) is 19.4. The molecule has 1 saturated heterocycles. The Hall–Kier alpha value is -2.61. The lowest BCUT2D eigenvalue weighted by atomic mass is 9.86. The van der Waals surface area contributed by atoms with E-state index in [2.05, 4.69) is 17.1 Å². The van der Waals surface area contributed by atoms with E-state index < -0.39 is 17.5 Å². The molecule has 2 aliphatic heterocycles. The molecule has 0 spiro atoms. The van der Waals surface area contributed by atoms with Crippen LogP contribution >= 0.6 is 11.6 Å². The molecule has 4 rings (SSSR count).